The van der Waals surface area contributed by atoms with Crippen molar-refractivity contribution in [3.05, 3.63) is 34.3 Å². The van der Waals surface area contributed by atoms with Gasteiger partial charge in [0.1, 0.15) is 0 Å². The van der Waals surface area contributed by atoms with Gasteiger partial charge in [0.2, 0.25) is 0 Å². The number of hydrogen-bond donors (Lipinski definition) is 1. The summed E-state index contributed by atoms with van der Waals surface area (Å²) >= 11 is 3.38. The number of carbonyl (C=O) groups excluding carboxylic acids is 1. The predicted molar refractivity (Wildman–Crippen MR) is 99.8 cm³/mol. The number of hydrogen-bond acceptors (Lipinski definition) is 2. The Bertz CT molecular complexity index is 497. The first-order valence-corrected chi connectivity index (χ1v) is 9.66. The zero-order chi connectivity index (χ0) is 16.3. The lowest BCUT2D eigenvalue weighted by Crippen LogP contribution is -2.19. The maximum Gasteiger partial charge on any atom is 0.271 e. The summed E-state index contributed by atoms with van der Waals surface area (Å²) < 4.78 is 0.972. The fraction of sp³-hybridized carbons (Fsp3) is 0.579. The molecule has 0 spiro atoms. The summed E-state index contributed by atoms with van der Waals surface area (Å²) in [6.45, 7) is 0. The number of benzene rings is 1. The first-order valence-electron chi connectivity index (χ1n) is 8.87. The first kappa shape index (κ1) is 18.2. The van der Waals surface area contributed by atoms with Crippen molar-refractivity contribution in [1.82, 2.24) is 5.43 Å². The van der Waals surface area contributed by atoms with Gasteiger partial charge in [-0.1, -0.05) is 60.9 Å². The Balaban J connectivity index is 1.88. The third kappa shape index (κ3) is 7.30. The monoisotopic (exact) mass is 378 g/mol. The van der Waals surface area contributed by atoms with Crippen molar-refractivity contribution in [3.8, 4) is 0 Å². The summed E-state index contributed by atoms with van der Waals surface area (Å²) in [6.07, 6.45) is 13.8. The highest BCUT2D eigenvalue weighted by Crippen LogP contribution is 2.15. The Kier molecular flexibility index (Phi) is 8.37. The van der Waals surface area contributed by atoms with Gasteiger partial charge in [-0.15, -0.1) is 0 Å². The van der Waals surface area contributed by atoms with Crippen LogP contribution in [0.5, 0.6) is 0 Å². The molecule has 1 saturated carbocycles. The van der Waals surface area contributed by atoms with Gasteiger partial charge < -0.3 is 0 Å². The van der Waals surface area contributed by atoms with Gasteiger partial charge in [-0.05, 0) is 49.9 Å². The molecule has 0 radical (unpaired) electrons. The molecule has 1 fully saturated rings. The van der Waals surface area contributed by atoms with Crippen LogP contribution in [0.25, 0.3) is 0 Å². The van der Waals surface area contributed by atoms with E-state index in [0.717, 1.165) is 23.0 Å². The minimum absolute atomic E-state index is 0.129. The van der Waals surface area contributed by atoms with E-state index in [1.807, 2.05) is 12.1 Å². The average molecular weight is 379 g/mol. The topological polar surface area (TPSA) is 41.5 Å². The van der Waals surface area contributed by atoms with Crippen LogP contribution in [0.3, 0.4) is 0 Å². The average Bonchev–Trinajstić information content (AvgIpc) is 2.55. The molecule has 3 nitrogen and oxygen atoms in total. The lowest BCUT2D eigenvalue weighted by molar-refractivity contribution is 0.0954. The maximum absolute atomic E-state index is 12.1. The number of hydrazone groups is 1. The van der Waals surface area contributed by atoms with E-state index in [9.17, 15) is 4.79 Å². The van der Waals surface area contributed by atoms with Gasteiger partial charge in [0.05, 0.1) is 0 Å². The quantitative estimate of drug-likeness (QED) is 0.645. The van der Waals surface area contributed by atoms with Crippen LogP contribution in [0.1, 0.15) is 81.0 Å². The standard InChI is InChI=1S/C19H27BrN2O/c20-17-14-12-16(13-15-17)19(23)22-21-18-10-8-6-4-2-1-3-5-7-9-11-18/h12-15H,1-11H2,(H,22,23). The number of carbonyl (C=O) groups is 1. The lowest BCUT2D eigenvalue weighted by Gasteiger charge is -2.10. The molecule has 1 aliphatic rings. The Morgan fingerprint density at radius 2 is 1.30 bits per heavy atom. The fourth-order valence-electron chi connectivity index (χ4n) is 2.93. The van der Waals surface area contributed by atoms with Crippen molar-refractivity contribution in [2.75, 3.05) is 0 Å². The molecular weight excluding hydrogens is 352 g/mol. The molecule has 1 amide bonds. The number of rotatable bonds is 2. The van der Waals surface area contributed by atoms with Crippen molar-refractivity contribution in [2.45, 2.75) is 70.6 Å². The molecule has 0 atom stereocenters. The SMILES string of the molecule is O=C(NN=C1CCCCCCCCCCC1)c1ccc(Br)cc1. The van der Waals surface area contributed by atoms with Gasteiger partial charge in [0.15, 0.2) is 0 Å². The second-order valence-corrected chi connectivity index (χ2v) is 7.22. The molecule has 4 heteroatoms. The van der Waals surface area contributed by atoms with Crippen molar-refractivity contribution < 1.29 is 4.79 Å². The van der Waals surface area contributed by atoms with Crippen LogP contribution < -0.4 is 5.43 Å². The van der Waals surface area contributed by atoms with E-state index in [0.29, 0.717) is 5.56 Å². The molecule has 0 bridgehead atoms. The largest absolute Gasteiger partial charge is 0.271 e. The molecule has 126 valence electrons. The summed E-state index contributed by atoms with van der Waals surface area (Å²) in [6, 6.07) is 7.36. The van der Waals surface area contributed by atoms with Crippen LogP contribution in [0, 0.1) is 0 Å². The van der Waals surface area contributed by atoms with E-state index in [2.05, 4.69) is 26.5 Å². The van der Waals surface area contributed by atoms with E-state index >= 15 is 0 Å². The van der Waals surface area contributed by atoms with E-state index < -0.39 is 0 Å². The van der Waals surface area contributed by atoms with Crippen LogP contribution in [0.2, 0.25) is 0 Å². The highest BCUT2D eigenvalue weighted by molar-refractivity contribution is 9.10. The molecule has 0 saturated heterocycles. The summed E-state index contributed by atoms with van der Waals surface area (Å²) in [5.41, 5.74) is 4.53. The zero-order valence-electron chi connectivity index (χ0n) is 13.8. The second kappa shape index (κ2) is 10.6. The molecule has 1 aromatic rings. The number of amides is 1. The van der Waals surface area contributed by atoms with Gasteiger partial charge in [-0.2, -0.15) is 5.10 Å². The molecular formula is C19H27BrN2O. The summed E-state index contributed by atoms with van der Waals surface area (Å²) in [5.74, 6) is -0.129. The van der Waals surface area contributed by atoms with Crippen molar-refractivity contribution in [3.63, 3.8) is 0 Å². The third-order valence-corrected chi connectivity index (χ3v) is 4.88. The van der Waals surface area contributed by atoms with Crippen LogP contribution in [0.15, 0.2) is 33.8 Å². The summed E-state index contributed by atoms with van der Waals surface area (Å²) in [4.78, 5) is 12.1. The van der Waals surface area contributed by atoms with Gasteiger partial charge in [0.25, 0.3) is 5.91 Å². The lowest BCUT2D eigenvalue weighted by atomic mass is 10.00. The molecule has 1 aliphatic carbocycles. The molecule has 23 heavy (non-hydrogen) atoms. The molecule has 0 unspecified atom stereocenters. The van der Waals surface area contributed by atoms with Crippen molar-refractivity contribution in [2.24, 2.45) is 5.10 Å². The highest BCUT2D eigenvalue weighted by Gasteiger charge is 2.06. The third-order valence-electron chi connectivity index (χ3n) is 4.35. The molecule has 1 aromatic carbocycles. The van der Waals surface area contributed by atoms with Crippen molar-refractivity contribution >= 4 is 27.5 Å². The molecule has 0 heterocycles. The van der Waals surface area contributed by atoms with E-state index in [1.54, 1.807) is 12.1 Å². The summed E-state index contributed by atoms with van der Waals surface area (Å²) in [7, 11) is 0. The van der Waals surface area contributed by atoms with Gasteiger partial charge >= 0.3 is 0 Å². The number of nitrogens with one attached hydrogen (secondary N) is 1. The normalized spacial score (nSPS) is 17.7. The smallest absolute Gasteiger partial charge is 0.267 e. The molecule has 2 rings (SSSR count). The van der Waals surface area contributed by atoms with Gasteiger partial charge in [-0.25, -0.2) is 5.43 Å². The Morgan fingerprint density at radius 1 is 0.826 bits per heavy atom. The number of halogens is 1. The zero-order valence-corrected chi connectivity index (χ0v) is 15.4. The van der Waals surface area contributed by atoms with Gasteiger partial charge in [0, 0.05) is 15.7 Å². The first-order chi connectivity index (χ1) is 11.3. The maximum atomic E-state index is 12.1. The Morgan fingerprint density at radius 3 is 1.83 bits per heavy atom. The molecule has 1 N–H and O–H groups in total. The Hall–Kier alpha value is -1.16. The summed E-state index contributed by atoms with van der Waals surface area (Å²) in [5, 5.41) is 4.42. The number of nitrogens with zero attached hydrogens (tertiary/aromatic N) is 1. The second-order valence-electron chi connectivity index (χ2n) is 6.31. The van der Waals surface area contributed by atoms with E-state index in [4.69, 9.17) is 0 Å². The van der Waals surface area contributed by atoms with Crippen LogP contribution >= 0.6 is 15.9 Å². The van der Waals surface area contributed by atoms with Crippen LogP contribution in [-0.2, 0) is 0 Å². The van der Waals surface area contributed by atoms with Crippen LogP contribution in [-0.4, -0.2) is 11.6 Å². The minimum Gasteiger partial charge on any atom is -0.267 e. The van der Waals surface area contributed by atoms with Crippen molar-refractivity contribution in [1.29, 1.82) is 0 Å². The van der Waals surface area contributed by atoms with Gasteiger partial charge in [-0.3, -0.25) is 4.79 Å². The van der Waals surface area contributed by atoms with Crippen LogP contribution in [0.4, 0.5) is 0 Å². The Labute approximate surface area is 148 Å². The van der Waals surface area contributed by atoms with E-state index in [1.165, 1.54) is 57.8 Å². The molecule has 0 aromatic heterocycles. The highest BCUT2D eigenvalue weighted by atomic mass is 79.9. The van der Waals surface area contributed by atoms with E-state index in [-0.39, 0.29) is 5.91 Å². The molecule has 0 aliphatic heterocycles. The fourth-order valence-corrected chi connectivity index (χ4v) is 3.19. The predicted octanol–water partition coefficient (Wildman–Crippen LogP) is 5.84. The minimum atomic E-state index is -0.129.